The largest absolute Gasteiger partial charge is 0.309 e. The molecular weight excluding hydrogens is 241 g/mol. The van der Waals surface area contributed by atoms with Crippen LogP contribution in [0.4, 0.5) is 13.2 Å². The predicted octanol–water partition coefficient (Wildman–Crippen LogP) is 2.29. The molecule has 1 fully saturated rings. The highest BCUT2D eigenvalue weighted by atomic mass is 19.2. The lowest BCUT2D eigenvalue weighted by atomic mass is 10.1. The van der Waals surface area contributed by atoms with E-state index in [0.717, 1.165) is 38.1 Å². The van der Waals surface area contributed by atoms with E-state index in [0.29, 0.717) is 18.2 Å². The quantitative estimate of drug-likeness (QED) is 0.837. The van der Waals surface area contributed by atoms with Gasteiger partial charge in [0.15, 0.2) is 17.5 Å². The number of benzene rings is 1. The van der Waals surface area contributed by atoms with Gasteiger partial charge < -0.3 is 10.2 Å². The monoisotopic (exact) mass is 258 g/mol. The Bertz CT molecular complexity index is 400. The van der Waals surface area contributed by atoms with Crippen molar-refractivity contribution in [1.82, 2.24) is 10.2 Å². The number of rotatable bonds is 3. The van der Waals surface area contributed by atoms with Crippen LogP contribution in [0.25, 0.3) is 0 Å². The third-order valence-corrected chi connectivity index (χ3v) is 3.26. The van der Waals surface area contributed by atoms with E-state index < -0.39 is 17.5 Å². The molecule has 2 nitrogen and oxygen atoms in total. The Labute approximate surface area is 105 Å². The number of likely N-dealkylation sites (tertiary alicyclic amines) is 1. The summed E-state index contributed by atoms with van der Waals surface area (Å²) in [6.45, 7) is 2.36. The molecule has 0 saturated carbocycles. The van der Waals surface area contributed by atoms with Gasteiger partial charge in [-0.15, -0.1) is 0 Å². The molecule has 0 bridgehead atoms. The Kier molecular flexibility index (Phi) is 4.24. The number of halogens is 3. The third kappa shape index (κ3) is 3.23. The Hall–Kier alpha value is -1.07. The Morgan fingerprint density at radius 2 is 1.94 bits per heavy atom. The minimum absolute atomic E-state index is 0.319. The van der Waals surface area contributed by atoms with Crippen LogP contribution >= 0.6 is 0 Å². The molecule has 18 heavy (non-hydrogen) atoms. The normalized spacial score (nSPS) is 21.2. The van der Waals surface area contributed by atoms with Crippen LogP contribution < -0.4 is 5.32 Å². The van der Waals surface area contributed by atoms with Gasteiger partial charge in [-0.3, -0.25) is 0 Å². The van der Waals surface area contributed by atoms with Crippen LogP contribution in [0.5, 0.6) is 0 Å². The zero-order chi connectivity index (χ0) is 13.1. The number of piperidine rings is 1. The van der Waals surface area contributed by atoms with E-state index in [1.807, 2.05) is 7.05 Å². The van der Waals surface area contributed by atoms with Crippen LogP contribution in [-0.4, -0.2) is 31.1 Å². The first-order chi connectivity index (χ1) is 8.56. The van der Waals surface area contributed by atoms with E-state index in [1.165, 1.54) is 0 Å². The summed E-state index contributed by atoms with van der Waals surface area (Å²) >= 11 is 0. The zero-order valence-corrected chi connectivity index (χ0v) is 10.3. The molecule has 5 heteroatoms. The van der Waals surface area contributed by atoms with E-state index in [-0.39, 0.29) is 0 Å². The lowest BCUT2D eigenvalue weighted by Crippen LogP contribution is -2.43. The van der Waals surface area contributed by atoms with Gasteiger partial charge in [0.05, 0.1) is 0 Å². The molecule has 1 aliphatic rings. The second-order valence-electron chi connectivity index (χ2n) is 4.86. The summed E-state index contributed by atoms with van der Waals surface area (Å²) in [7, 11) is 2.05. The van der Waals surface area contributed by atoms with E-state index in [2.05, 4.69) is 10.2 Å². The minimum Gasteiger partial charge on any atom is -0.309 e. The fourth-order valence-electron chi connectivity index (χ4n) is 2.31. The summed E-state index contributed by atoms with van der Waals surface area (Å²) in [5.74, 6) is -3.67. The first-order valence-corrected chi connectivity index (χ1v) is 6.11. The van der Waals surface area contributed by atoms with Gasteiger partial charge in [0.1, 0.15) is 0 Å². The topological polar surface area (TPSA) is 15.3 Å². The van der Waals surface area contributed by atoms with Crippen molar-refractivity contribution in [2.45, 2.75) is 25.4 Å². The van der Waals surface area contributed by atoms with Gasteiger partial charge >= 0.3 is 0 Å². The van der Waals surface area contributed by atoms with Crippen LogP contribution in [0.2, 0.25) is 0 Å². The lowest BCUT2D eigenvalue weighted by Gasteiger charge is -2.30. The molecule has 2 rings (SSSR count). The van der Waals surface area contributed by atoms with Crippen LogP contribution in [0.1, 0.15) is 18.4 Å². The highest BCUT2D eigenvalue weighted by Gasteiger charge is 2.17. The van der Waals surface area contributed by atoms with Crippen molar-refractivity contribution < 1.29 is 13.2 Å². The van der Waals surface area contributed by atoms with E-state index in [4.69, 9.17) is 0 Å². The summed E-state index contributed by atoms with van der Waals surface area (Å²) in [5.41, 5.74) is 0.430. The summed E-state index contributed by atoms with van der Waals surface area (Å²) in [5, 5.41) is 3.24. The molecule has 1 heterocycles. The van der Waals surface area contributed by atoms with Gasteiger partial charge in [0.2, 0.25) is 0 Å². The van der Waals surface area contributed by atoms with Crippen molar-refractivity contribution in [1.29, 1.82) is 0 Å². The smallest absolute Gasteiger partial charge is 0.194 e. The first-order valence-electron chi connectivity index (χ1n) is 6.11. The van der Waals surface area contributed by atoms with Crippen molar-refractivity contribution in [3.8, 4) is 0 Å². The number of nitrogens with one attached hydrogen (secondary N) is 1. The molecule has 1 aromatic rings. The average Bonchev–Trinajstić information content (AvgIpc) is 2.33. The third-order valence-electron chi connectivity index (χ3n) is 3.26. The molecule has 1 unspecified atom stereocenters. The van der Waals surface area contributed by atoms with E-state index in [1.54, 1.807) is 0 Å². The second-order valence-corrected chi connectivity index (χ2v) is 4.86. The Morgan fingerprint density at radius 3 is 2.56 bits per heavy atom. The van der Waals surface area contributed by atoms with Crippen LogP contribution in [0, 0.1) is 17.5 Å². The zero-order valence-electron chi connectivity index (χ0n) is 10.3. The molecule has 100 valence electrons. The number of likely N-dealkylation sites (N-methyl/N-ethyl adjacent to an activating group) is 1. The highest BCUT2D eigenvalue weighted by Crippen LogP contribution is 2.14. The molecule has 1 saturated heterocycles. The van der Waals surface area contributed by atoms with Crippen LogP contribution in [0.3, 0.4) is 0 Å². The number of hydrogen-bond acceptors (Lipinski definition) is 2. The maximum Gasteiger partial charge on any atom is 0.194 e. The lowest BCUT2D eigenvalue weighted by molar-refractivity contribution is 0.226. The molecular formula is C13H17F3N2. The highest BCUT2D eigenvalue weighted by molar-refractivity contribution is 5.19. The molecule has 0 radical (unpaired) electrons. The molecule has 0 aromatic heterocycles. The van der Waals surface area contributed by atoms with Gasteiger partial charge in [-0.05, 0) is 44.1 Å². The molecule has 1 aliphatic heterocycles. The fraction of sp³-hybridized carbons (Fsp3) is 0.538. The van der Waals surface area contributed by atoms with E-state index >= 15 is 0 Å². The number of nitrogens with zero attached hydrogens (tertiary/aromatic N) is 1. The summed E-state index contributed by atoms with van der Waals surface area (Å²) in [6, 6.07) is 2.40. The molecule has 1 aromatic carbocycles. The average molecular weight is 258 g/mol. The van der Waals surface area contributed by atoms with E-state index in [9.17, 15) is 13.2 Å². The second kappa shape index (κ2) is 5.71. The molecule has 0 aliphatic carbocycles. The molecule has 0 spiro atoms. The van der Waals surface area contributed by atoms with Crippen molar-refractivity contribution in [3.63, 3.8) is 0 Å². The Morgan fingerprint density at radius 1 is 1.28 bits per heavy atom. The first kappa shape index (κ1) is 13.4. The molecule has 1 atom stereocenters. The molecule has 0 amide bonds. The summed E-state index contributed by atoms with van der Waals surface area (Å²) in [4.78, 5) is 2.22. The number of hydrogen-bond donors (Lipinski definition) is 1. The minimum atomic E-state index is -1.41. The molecule has 1 N–H and O–H groups in total. The van der Waals surface area contributed by atoms with Gasteiger partial charge in [-0.1, -0.05) is 0 Å². The summed E-state index contributed by atoms with van der Waals surface area (Å²) in [6.07, 6.45) is 2.16. The van der Waals surface area contributed by atoms with Crippen LogP contribution in [-0.2, 0) is 6.54 Å². The van der Waals surface area contributed by atoms with Crippen molar-refractivity contribution in [2.75, 3.05) is 20.1 Å². The maximum absolute atomic E-state index is 13.0. The van der Waals surface area contributed by atoms with Gasteiger partial charge in [-0.2, -0.15) is 0 Å². The van der Waals surface area contributed by atoms with Crippen molar-refractivity contribution in [3.05, 3.63) is 35.1 Å². The van der Waals surface area contributed by atoms with Crippen LogP contribution in [0.15, 0.2) is 12.1 Å². The maximum atomic E-state index is 13.0. The summed E-state index contributed by atoms with van der Waals surface area (Å²) < 4.78 is 38.8. The van der Waals surface area contributed by atoms with Crippen molar-refractivity contribution in [2.24, 2.45) is 0 Å². The standard InChI is InChI=1S/C13H17F3N2/c1-18-4-2-3-10(8-18)17-7-9-5-11(14)13(16)12(15)6-9/h5-6,10,17H,2-4,7-8H2,1H3. The van der Waals surface area contributed by atoms with Crippen molar-refractivity contribution >= 4 is 0 Å². The SMILES string of the molecule is CN1CCCC(NCc2cc(F)c(F)c(F)c2)C1. The predicted molar refractivity (Wildman–Crippen MR) is 63.7 cm³/mol. The van der Waals surface area contributed by atoms with Gasteiger partial charge in [0.25, 0.3) is 0 Å². The fourth-order valence-corrected chi connectivity index (χ4v) is 2.31. The van der Waals surface area contributed by atoms with Gasteiger partial charge in [-0.25, -0.2) is 13.2 Å². The Balaban J connectivity index is 1.94. The van der Waals surface area contributed by atoms with Gasteiger partial charge in [0, 0.05) is 19.1 Å².